The number of pyridine rings is 1. The van der Waals surface area contributed by atoms with Crippen molar-refractivity contribution in [2.45, 2.75) is 13.8 Å². The lowest BCUT2D eigenvalue weighted by Crippen LogP contribution is -2.24. The molecule has 5 N–H and O–H groups in total. The lowest BCUT2D eigenvalue weighted by molar-refractivity contribution is 0.0695. The van der Waals surface area contributed by atoms with Crippen molar-refractivity contribution in [2.75, 3.05) is 5.73 Å². The second-order valence-electron chi connectivity index (χ2n) is 5.02. The summed E-state index contributed by atoms with van der Waals surface area (Å²) in [6.45, 7) is 3.32. The Balaban J connectivity index is 3.06. The number of H-pyrrole nitrogens is 1. The van der Waals surface area contributed by atoms with Gasteiger partial charge < -0.3 is 20.9 Å². The summed E-state index contributed by atoms with van der Waals surface area (Å²) in [5.41, 5.74) is 4.65. The molecule has 0 unspecified atom stereocenters. The van der Waals surface area contributed by atoms with Gasteiger partial charge in [0, 0.05) is 10.6 Å². The number of aromatic amines is 1. The van der Waals surface area contributed by atoms with Crippen molar-refractivity contribution in [1.82, 2.24) is 4.98 Å². The molecule has 0 aliphatic carbocycles. The Morgan fingerprint density at radius 2 is 1.65 bits per heavy atom. The fourth-order valence-electron chi connectivity index (χ4n) is 2.37. The number of carboxylic acid groups (broad SMARTS) is 2. The zero-order chi connectivity index (χ0) is 17.5. The van der Waals surface area contributed by atoms with Crippen molar-refractivity contribution >= 4 is 29.4 Å². The second kappa shape index (κ2) is 5.77. The van der Waals surface area contributed by atoms with E-state index >= 15 is 0 Å². The molecule has 7 nitrogen and oxygen atoms in total. The van der Waals surface area contributed by atoms with E-state index in [0.29, 0.717) is 16.1 Å². The number of aromatic carboxylic acids is 2. The van der Waals surface area contributed by atoms with Crippen LogP contribution in [0.4, 0.5) is 5.82 Å². The van der Waals surface area contributed by atoms with Crippen LogP contribution in [0.5, 0.6) is 0 Å². The topological polar surface area (TPSA) is 133 Å². The van der Waals surface area contributed by atoms with Crippen LogP contribution in [0.3, 0.4) is 0 Å². The van der Waals surface area contributed by atoms with Crippen LogP contribution in [-0.4, -0.2) is 27.1 Å². The van der Waals surface area contributed by atoms with Gasteiger partial charge in [0.15, 0.2) is 0 Å². The molecule has 1 heterocycles. The Kier molecular flexibility index (Phi) is 4.16. The first-order chi connectivity index (χ1) is 10.6. The van der Waals surface area contributed by atoms with Gasteiger partial charge in [-0.3, -0.25) is 4.79 Å². The number of aryl methyl sites for hydroxylation is 2. The smallest absolute Gasteiger partial charge is 0.342 e. The van der Waals surface area contributed by atoms with Crippen molar-refractivity contribution in [3.63, 3.8) is 0 Å². The van der Waals surface area contributed by atoms with Gasteiger partial charge in [-0.15, -0.1) is 0 Å². The number of carboxylic acids is 2. The van der Waals surface area contributed by atoms with Crippen LogP contribution >= 0.6 is 11.6 Å². The Labute approximate surface area is 135 Å². The minimum Gasteiger partial charge on any atom is -0.478 e. The molecule has 0 amide bonds. The number of benzene rings is 1. The largest absolute Gasteiger partial charge is 0.478 e. The van der Waals surface area contributed by atoms with Crippen molar-refractivity contribution in [2.24, 2.45) is 0 Å². The number of nitrogens with two attached hydrogens (primary N) is 1. The van der Waals surface area contributed by atoms with E-state index in [1.165, 1.54) is 6.07 Å². The SMILES string of the molecule is Cc1cc(-c2c(C(=O)O)c(N)[nH]c(=O)c2C(=O)O)c(C)cc1Cl. The monoisotopic (exact) mass is 336 g/mol. The van der Waals surface area contributed by atoms with Crippen molar-refractivity contribution in [3.8, 4) is 11.1 Å². The molecule has 2 aromatic rings. The van der Waals surface area contributed by atoms with Gasteiger partial charge >= 0.3 is 11.9 Å². The van der Waals surface area contributed by atoms with Gasteiger partial charge in [-0.25, -0.2) is 9.59 Å². The molecule has 0 fully saturated rings. The van der Waals surface area contributed by atoms with Crippen molar-refractivity contribution < 1.29 is 19.8 Å². The first-order valence-electron chi connectivity index (χ1n) is 6.44. The Morgan fingerprint density at radius 1 is 1.09 bits per heavy atom. The number of nitrogen functional groups attached to an aromatic ring is 1. The third-order valence-corrected chi connectivity index (χ3v) is 3.85. The maximum atomic E-state index is 12.0. The van der Waals surface area contributed by atoms with Gasteiger partial charge in [-0.2, -0.15) is 0 Å². The summed E-state index contributed by atoms with van der Waals surface area (Å²) >= 11 is 6.02. The predicted octanol–water partition coefficient (Wildman–Crippen LogP) is 2.29. The fraction of sp³-hybridized carbons (Fsp3) is 0.133. The van der Waals surface area contributed by atoms with E-state index in [2.05, 4.69) is 4.98 Å². The molecule has 0 radical (unpaired) electrons. The molecule has 0 atom stereocenters. The van der Waals surface area contributed by atoms with Crippen LogP contribution in [0.1, 0.15) is 31.8 Å². The van der Waals surface area contributed by atoms with Gasteiger partial charge in [0.1, 0.15) is 16.9 Å². The fourth-order valence-corrected chi connectivity index (χ4v) is 2.58. The van der Waals surface area contributed by atoms with Gasteiger partial charge in [0.2, 0.25) is 0 Å². The summed E-state index contributed by atoms with van der Waals surface area (Å²) in [4.78, 5) is 37.1. The number of carbonyl (C=O) groups is 2. The number of aromatic nitrogens is 1. The number of hydrogen-bond donors (Lipinski definition) is 4. The maximum Gasteiger partial charge on any atom is 0.342 e. The quantitative estimate of drug-likeness (QED) is 0.679. The molecular weight excluding hydrogens is 324 g/mol. The Hall–Kier alpha value is -2.80. The van der Waals surface area contributed by atoms with Gasteiger partial charge in [0.25, 0.3) is 5.56 Å². The van der Waals surface area contributed by atoms with Crippen LogP contribution in [0.15, 0.2) is 16.9 Å². The third-order valence-electron chi connectivity index (χ3n) is 3.45. The molecule has 0 saturated heterocycles. The minimum absolute atomic E-state index is 0.233. The molecule has 1 aromatic carbocycles. The van der Waals surface area contributed by atoms with Crippen molar-refractivity contribution in [1.29, 1.82) is 0 Å². The number of halogens is 1. The van der Waals surface area contributed by atoms with Crippen molar-refractivity contribution in [3.05, 3.63) is 49.8 Å². The summed E-state index contributed by atoms with van der Waals surface area (Å²) in [7, 11) is 0. The van der Waals surface area contributed by atoms with Crippen LogP contribution in [0.2, 0.25) is 5.02 Å². The molecule has 1 aromatic heterocycles. The standard InChI is InChI=1S/C15H13ClN2O5/c1-5-4-8(16)6(2)3-7(5)9-10(14(20)21)12(17)18-13(19)11(9)15(22)23/h3-4H,1-2H3,(H,20,21)(H,22,23)(H3,17,18,19). The molecule has 8 heteroatoms. The Morgan fingerprint density at radius 3 is 2.17 bits per heavy atom. The highest BCUT2D eigenvalue weighted by Crippen LogP contribution is 2.34. The number of hydrogen-bond acceptors (Lipinski definition) is 4. The van der Waals surface area contributed by atoms with Crippen LogP contribution in [-0.2, 0) is 0 Å². The maximum absolute atomic E-state index is 12.0. The summed E-state index contributed by atoms with van der Waals surface area (Å²) in [5.74, 6) is -3.39. The highest BCUT2D eigenvalue weighted by molar-refractivity contribution is 6.31. The Bertz CT molecular complexity index is 902. The number of nitrogens with one attached hydrogen (secondary N) is 1. The summed E-state index contributed by atoms with van der Waals surface area (Å²) in [5, 5.41) is 19.2. The van der Waals surface area contributed by atoms with Gasteiger partial charge in [-0.05, 0) is 42.7 Å². The van der Waals surface area contributed by atoms with E-state index in [4.69, 9.17) is 17.3 Å². The van der Waals surface area contributed by atoms with Crippen LogP contribution in [0.25, 0.3) is 11.1 Å². The van der Waals surface area contributed by atoms with E-state index in [1.54, 1.807) is 19.9 Å². The molecule has 2 rings (SSSR count). The lowest BCUT2D eigenvalue weighted by atomic mass is 9.91. The molecule has 0 bridgehead atoms. The van der Waals surface area contributed by atoms with Crippen LogP contribution in [0, 0.1) is 13.8 Å². The number of rotatable bonds is 3. The van der Waals surface area contributed by atoms with E-state index in [0.717, 1.165) is 0 Å². The third kappa shape index (κ3) is 2.78. The molecular formula is C15H13ClN2O5. The molecule has 0 aliphatic rings. The van der Waals surface area contributed by atoms with Gasteiger partial charge in [0.05, 0.1) is 0 Å². The average Bonchev–Trinajstić information content (AvgIpc) is 2.40. The first kappa shape index (κ1) is 16.6. The average molecular weight is 337 g/mol. The van der Waals surface area contributed by atoms with E-state index in [-0.39, 0.29) is 11.1 Å². The molecule has 0 spiro atoms. The van der Waals surface area contributed by atoms with E-state index in [9.17, 15) is 24.6 Å². The molecule has 120 valence electrons. The second-order valence-corrected chi connectivity index (χ2v) is 5.43. The summed E-state index contributed by atoms with van der Waals surface area (Å²) in [6, 6.07) is 3.10. The summed E-state index contributed by atoms with van der Waals surface area (Å²) < 4.78 is 0. The minimum atomic E-state index is -1.55. The number of anilines is 1. The zero-order valence-corrected chi connectivity index (χ0v) is 13.0. The molecule has 0 aliphatic heterocycles. The van der Waals surface area contributed by atoms with Gasteiger partial charge in [-0.1, -0.05) is 11.6 Å². The normalized spacial score (nSPS) is 10.6. The first-order valence-corrected chi connectivity index (χ1v) is 6.82. The van der Waals surface area contributed by atoms with Crippen LogP contribution < -0.4 is 11.3 Å². The summed E-state index contributed by atoms with van der Waals surface area (Å²) in [6.07, 6.45) is 0. The molecule has 23 heavy (non-hydrogen) atoms. The zero-order valence-electron chi connectivity index (χ0n) is 12.2. The highest BCUT2D eigenvalue weighted by Gasteiger charge is 2.27. The lowest BCUT2D eigenvalue weighted by Gasteiger charge is -2.15. The predicted molar refractivity (Wildman–Crippen MR) is 85.3 cm³/mol. The van der Waals surface area contributed by atoms with E-state index < -0.39 is 34.4 Å². The van der Waals surface area contributed by atoms with E-state index in [1.807, 2.05) is 0 Å². The highest BCUT2D eigenvalue weighted by atomic mass is 35.5. The molecule has 0 saturated carbocycles.